The zero-order chi connectivity index (χ0) is 12.7. The standard InChI is InChI=1S/C13H16ClN3O/c1-18-7-10(15)13-16-11-4-2-3-9(14)12(11)17(13)8-5-6-8/h2-4,8,10H,5-7,15H2,1H3. The van der Waals surface area contributed by atoms with E-state index < -0.39 is 0 Å². The maximum Gasteiger partial charge on any atom is 0.129 e. The first-order valence-electron chi connectivity index (χ1n) is 6.13. The second-order valence-electron chi connectivity index (χ2n) is 4.74. The summed E-state index contributed by atoms with van der Waals surface area (Å²) >= 11 is 6.30. The molecular weight excluding hydrogens is 250 g/mol. The smallest absolute Gasteiger partial charge is 0.129 e. The van der Waals surface area contributed by atoms with E-state index >= 15 is 0 Å². The van der Waals surface area contributed by atoms with Crippen LogP contribution in [0.5, 0.6) is 0 Å². The molecule has 1 unspecified atom stereocenters. The first-order valence-corrected chi connectivity index (χ1v) is 6.51. The second kappa shape index (κ2) is 4.53. The number of halogens is 1. The van der Waals surface area contributed by atoms with Gasteiger partial charge in [-0.3, -0.25) is 0 Å². The lowest BCUT2D eigenvalue weighted by Crippen LogP contribution is -2.20. The molecule has 1 saturated carbocycles. The summed E-state index contributed by atoms with van der Waals surface area (Å²) < 4.78 is 7.32. The Labute approximate surface area is 111 Å². The van der Waals surface area contributed by atoms with Crippen LogP contribution in [0.3, 0.4) is 0 Å². The van der Waals surface area contributed by atoms with Crippen LogP contribution in [-0.4, -0.2) is 23.3 Å². The number of fused-ring (bicyclic) bond motifs is 1. The number of nitrogens with two attached hydrogens (primary N) is 1. The Morgan fingerprint density at radius 1 is 1.56 bits per heavy atom. The Hall–Kier alpha value is -1.10. The van der Waals surface area contributed by atoms with Crippen molar-refractivity contribution < 1.29 is 4.74 Å². The highest BCUT2D eigenvalue weighted by Crippen LogP contribution is 2.41. The van der Waals surface area contributed by atoms with Crippen molar-refractivity contribution in [2.75, 3.05) is 13.7 Å². The molecule has 1 aliphatic carbocycles. The van der Waals surface area contributed by atoms with Gasteiger partial charge in [0.25, 0.3) is 0 Å². The molecule has 4 nitrogen and oxygen atoms in total. The van der Waals surface area contributed by atoms with Gasteiger partial charge in [-0.05, 0) is 25.0 Å². The molecule has 1 fully saturated rings. The molecule has 2 aromatic rings. The number of benzene rings is 1. The minimum atomic E-state index is -0.209. The van der Waals surface area contributed by atoms with E-state index in [0.717, 1.165) is 21.9 Å². The first-order chi connectivity index (χ1) is 8.72. The average molecular weight is 266 g/mol. The number of aromatic nitrogens is 2. The van der Waals surface area contributed by atoms with E-state index in [1.807, 2.05) is 18.2 Å². The summed E-state index contributed by atoms with van der Waals surface area (Å²) in [7, 11) is 1.65. The zero-order valence-corrected chi connectivity index (χ0v) is 11.0. The summed E-state index contributed by atoms with van der Waals surface area (Å²) in [6.45, 7) is 0.466. The minimum Gasteiger partial charge on any atom is -0.383 e. The quantitative estimate of drug-likeness (QED) is 0.925. The van der Waals surface area contributed by atoms with Gasteiger partial charge in [0.05, 0.1) is 28.7 Å². The highest BCUT2D eigenvalue weighted by molar-refractivity contribution is 6.35. The van der Waals surface area contributed by atoms with Crippen LogP contribution in [-0.2, 0) is 4.74 Å². The molecule has 1 heterocycles. The molecule has 0 spiro atoms. The average Bonchev–Trinajstić information content (AvgIpc) is 3.10. The van der Waals surface area contributed by atoms with Crippen LogP contribution in [0.2, 0.25) is 5.02 Å². The molecule has 18 heavy (non-hydrogen) atoms. The van der Waals surface area contributed by atoms with E-state index in [-0.39, 0.29) is 6.04 Å². The van der Waals surface area contributed by atoms with E-state index in [9.17, 15) is 0 Å². The topological polar surface area (TPSA) is 53.1 Å². The summed E-state index contributed by atoms with van der Waals surface area (Å²) in [4.78, 5) is 4.63. The normalized spacial score (nSPS) is 17.3. The molecule has 5 heteroatoms. The molecule has 0 aliphatic heterocycles. The number of methoxy groups -OCH3 is 1. The third kappa shape index (κ3) is 1.90. The highest BCUT2D eigenvalue weighted by atomic mass is 35.5. The summed E-state index contributed by atoms with van der Waals surface area (Å²) in [6.07, 6.45) is 2.34. The van der Waals surface area contributed by atoms with E-state index in [1.165, 1.54) is 12.8 Å². The van der Waals surface area contributed by atoms with Crippen molar-refractivity contribution in [1.82, 2.24) is 9.55 Å². The molecule has 2 N–H and O–H groups in total. The molecule has 1 atom stereocenters. The van der Waals surface area contributed by atoms with Gasteiger partial charge in [-0.25, -0.2) is 4.98 Å². The van der Waals surface area contributed by atoms with Crippen LogP contribution in [0.15, 0.2) is 18.2 Å². The van der Waals surface area contributed by atoms with Gasteiger partial charge in [-0.15, -0.1) is 0 Å². The van der Waals surface area contributed by atoms with Crippen LogP contribution in [0.4, 0.5) is 0 Å². The van der Waals surface area contributed by atoms with Crippen LogP contribution in [0.25, 0.3) is 11.0 Å². The second-order valence-corrected chi connectivity index (χ2v) is 5.15. The molecule has 96 valence electrons. The van der Waals surface area contributed by atoms with E-state index in [1.54, 1.807) is 7.11 Å². The predicted octanol–water partition coefficient (Wildman–Crippen LogP) is 2.67. The minimum absolute atomic E-state index is 0.209. The lowest BCUT2D eigenvalue weighted by atomic mass is 10.3. The summed E-state index contributed by atoms with van der Waals surface area (Å²) in [5.74, 6) is 0.877. The zero-order valence-electron chi connectivity index (χ0n) is 10.3. The number of rotatable bonds is 4. The molecule has 0 bridgehead atoms. The van der Waals surface area contributed by atoms with E-state index in [0.29, 0.717) is 12.6 Å². The van der Waals surface area contributed by atoms with Gasteiger partial charge >= 0.3 is 0 Å². The fraction of sp³-hybridized carbons (Fsp3) is 0.462. The maximum absolute atomic E-state index is 6.30. The van der Waals surface area contributed by atoms with Crippen LogP contribution in [0, 0.1) is 0 Å². The fourth-order valence-corrected chi connectivity index (χ4v) is 2.60. The number of nitrogens with zero attached hydrogens (tertiary/aromatic N) is 2. The van der Waals surface area contributed by atoms with Gasteiger partial charge in [0.15, 0.2) is 0 Å². The lowest BCUT2D eigenvalue weighted by Gasteiger charge is -2.13. The van der Waals surface area contributed by atoms with Gasteiger partial charge in [-0.1, -0.05) is 17.7 Å². The first kappa shape index (κ1) is 12.0. The molecule has 1 aliphatic rings. The molecule has 0 saturated heterocycles. The van der Waals surface area contributed by atoms with Crippen LogP contribution in [0.1, 0.15) is 30.7 Å². The molecule has 0 radical (unpaired) electrons. The Bertz CT molecular complexity index is 577. The third-order valence-corrected chi connectivity index (χ3v) is 3.58. The molecule has 1 aromatic heterocycles. The Morgan fingerprint density at radius 3 is 3.00 bits per heavy atom. The number of hydrogen-bond donors (Lipinski definition) is 1. The SMILES string of the molecule is COCC(N)c1nc2cccc(Cl)c2n1C1CC1. The van der Waals surface area contributed by atoms with Crippen LogP contribution >= 0.6 is 11.6 Å². The van der Waals surface area contributed by atoms with Crippen molar-refractivity contribution in [3.8, 4) is 0 Å². The van der Waals surface area contributed by atoms with Gasteiger partial charge < -0.3 is 15.0 Å². The number of imidazole rings is 1. The van der Waals surface area contributed by atoms with Crippen molar-refractivity contribution >= 4 is 22.6 Å². The number of para-hydroxylation sites is 1. The largest absolute Gasteiger partial charge is 0.383 e. The molecule has 1 aromatic carbocycles. The molecule has 0 amide bonds. The number of ether oxygens (including phenoxy) is 1. The monoisotopic (exact) mass is 265 g/mol. The van der Waals surface area contributed by atoms with Crippen LogP contribution < -0.4 is 5.73 Å². The Kier molecular flexibility index (Phi) is 3.01. The summed E-state index contributed by atoms with van der Waals surface area (Å²) in [6, 6.07) is 6.08. The third-order valence-electron chi connectivity index (χ3n) is 3.28. The van der Waals surface area contributed by atoms with Gasteiger partial charge in [0.2, 0.25) is 0 Å². The van der Waals surface area contributed by atoms with E-state index in [2.05, 4.69) is 9.55 Å². The Morgan fingerprint density at radius 2 is 2.33 bits per heavy atom. The summed E-state index contributed by atoms with van der Waals surface area (Å²) in [5, 5.41) is 0.739. The molecule has 3 rings (SSSR count). The number of hydrogen-bond acceptors (Lipinski definition) is 3. The van der Waals surface area contributed by atoms with Crippen molar-refractivity contribution in [3.63, 3.8) is 0 Å². The van der Waals surface area contributed by atoms with E-state index in [4.69, 9.17) is 22.1 Å². The lowest BCUT2D eigenvalue weighted by molar-refractivity contribution is 0.177. The van der Waals surface area contributed by atoms with Crippen molar-refractivity contribution in [2.45, 2.75) is 24.9 Å². The van der Waals surface area contributed by atoms with Gasteiger partial charge in [0.1, 0.15) is 5.82 Å². The van der Waals surface area contributed by atoms with Crippen molar-refractivity contribution in [3.05, 3.63) is 29.0 Å². The Balaban J connectivity index is 2.18. The van der Waals surface area contributed by atoms with Gasteiger partial charge in [0, 0.05) is 13.2 Å². The highest BCUT2D eigenvalue weighted by Gasteiger charge is 2.30. The fourth-order valence-electron chi connectivity index (χ4n) is 2.34. The maximum atomic E-state index is 6.30. The van der Waals surface area contributed by atoms with Gasteiger partial charge in [-0.2, -0.15) is 0 Å². The molecular formula is C13H16ClN3O. The predicted molar refractivity (Wildman–Crippen MR) is 71.8 cm³/mol. The van der Waals surface area contributed by atoms with Crippen molar-refractivity contribution in [1.29, 1.82) is 0 Å². The van der Waals surface area contributed by atoms with Crippen molar-refractivity contribution in [2.24, 2.45) is 5.73 Å². The summed E-state index contributed by atoms with van der Waals surface area (Å²) in [5.41, 5.74) is 8.05.